The number of aryl methyl sites for hydroxylation is 1. The van der Waals surface area contributed by atoms with Crippen molar-refractivity contribution in [2.75, 3.05) is 5.73 Å². The summed E-state index contributed by atoms with van der Waals surface area (Å²) >= 11 is 6.00. The number of carbonyl (C=O) groups is 1. The molecule has 0 saturated heterocycles. The molecular weight excluding hydrogens is 285 g/mol. The van der Waals surface area contributed by atoms with Gasteiger partial charge in [0.25, 0.3) is 0 Å². The quantitative estimate of drug-likeness (QED) is 0.843. The molecule has 0 aliphatic heterocycles. The number of aromatic carboxylic acids is 1. The van der Waals surface area contributed by atoms with E-state index < -0.39 is 17.3 Å². The third-order valence-corrected chi connectivity index (χ3v) is 2.93. The van der Waals surface area contributed by atoms with E-state index in [1.165, 1.54) is 0 Å². The average Bonchev–Trinajstić information content (AvgIpc) is 2.36. The molecule has 0 fully saturated rings. The predicted molar refractivity (Wildman–Crippen MR) is 74.0 cm³/mol. The maximum absolute atomic E-state index is 13.6. The smallest absolute Gasteiger partial charge is 0.338 e. The lowest BCUT2D eigenvalue weighted by atomic mass is 10.1. The highest BCUT2D eigenvalue weighted by Gasteiger charge is 2.15. The van der Waals surface area contributed by atoms with Gasteiger partial charge in [0.05, 0.1) is 16.3 Å². The monoisotopic (exact) mass is 295 g/mol. The summed E-state index contributed by atoms with van der Waals surface area (Å²) in [4.78, 5) is 10.8. The second-order valence-electron chi connectivity index (χ2n) is 4.21. The number of nitrogen functional groups attached to an aromatic ring is 1. The van der Waals surface area contributed by atoms with Gasteiger partial charge in [-0.1, -0.05) is 17.7 Å². The topological polar surface area (TPSA) is 72.5 Å². The molecule has 2 aromatic rings. The first-order valence-corrected chi connectivity index (χ1v) is 6.02. The molecule has 0 aliphatic rings. The summed E-state index contributed by atoms with van der Waals surface area (Å²) < 4.78 is 19.0. The SMILES string of the molecule is Cc1ccc(Oc2cc(F)c(C(=O)O)cc2N)c(Cl)c1. The summed E-state index contributed by atoms with van der Waals surface area (Å²) in [6.07, 6.45) is 0. The van der Waals surface area contributed by atoms with Crippen LogP contribution in [0.5, 0.6) is 11.5 Å². The van der Waals surface area contributed by atoms with Crippen molar-refractivity contribution in [3.05, 3.63) is 52.3 Å². The van der Waals surface area contributed by atoms with Crippen LogP contribution in [0.25, 0.3) is 0 Å². The number of ether oxygens (including phenoxy) is 1. The van der Waals surface area contributed by atoms with Crippen molar-refractivity contribution in [1.82, 2.24) is 0 Å². The Morgan fingerprint density at radius 2 is 2.00 bits per heavy atom. The van der Waals surface area contributed by atoms with Gasteiger partial charge in [-0.25, -0.2) is 9.18 Å². The molecule has 0 aromatic heterocycles. The zero-order chi connectivity index (χ0) is 14.9. The average molecular weight is 296 g/mol. The number of benzene rings is 2. The Morgan fingerprint density at radius 3 is 2.60 bits per heavy atom. The molecule has 0 amide bonds. The summed E-state index contributed by atoms with van der Waals surface area (Å²) in [5, 5.41) is 9.14. The maximum Gasteiger partial charge on any atom is 0.338 e. The Labute approximate surface area is 119 Å². The molecule has 0 unspecified atom stereocenters. The van der Waals surface area contributed by atoms with Crippen LogP contribution in [0.4, 0.5) is 10.1 Å². The van der Waals surface area contributed by atoms with Crippen LogP contribution in [0.15, 0.2) is 30.3 Å². The Hall–Kier alpha value is -2.27. The molecule has 0 aliphatic carbocycles. The van der Waals surface area contributed by atoms with Crippen molar-refractivity contribution in [3.8, 4) is 11.5 Å². The van der Waals surface area contributed by atoms with Crippen LogP contribution in [0.2, 0.25) is 5.02 Å². The first kappa shape index (κ1) is 14.1. The molecule has 0 radical (unpaired) electrons. The summed E-state index contributed by atoms with van der Waals surface area (Å²) in [5.41, 5.74) is 6.11. The van der Waals surface area contributed by atoms with E-state index in [0.717, 1.165) is 17.7 Å². The first-order valence-electron chi connectivity index (χ1n) is 5.65. The van der Waals surface area contributed by atoms with Gasteiger partial charge in [-0.05, 0) is 30.7 Å². The van der Waals surface area contributed by atoms with Gasteiger partial charge in [-0.2, -0.15) is 0 Å². The summed E-state index contributed by atoms with van der Waals surface area (Å²) in [7, 11) is 0. The molecule has 0 saturated carbocycles. The number of carboxylic acid groups (broad SMARTS) is 1. The Bertz CT molecular complexity index is 688. The molecule has 0 spiro atoms. The lowest BCUT2D eigenvalue weighted by Crippen LogP contribution is -2.03. The van der Waals surface area contributed by atoms with Crippen molar-refractivity contribution < 1.29 is 19.0 Å². The summed E-state index contributed by atoms with van der Waals surface area (Å²) in [6, 6.07) is 7.03. The zero-order valence-electron chi connectivity index (χ0n) is 10.5. The second-order valence-corrected chi connectivity index (χ2v) is 4.62. The minimum absolute atomic E-state index is 0.0123. The highest BCUT2D eigenvalue weighted by molar-refractivity contribution is 6.32. The van der Waals surface area contributed by atoms with Gasteiger partial charge in [0.15, 0.2) is 5.75 Å². The fourth-order valence-electron chi connectivity index (χ4n) is 1.63. The van der Waals surface area contributed by atoms with E-state index in [1.807, 2.05) is 6.92 Å². The number of nitrogens with two attached hydrogens (primary N) is 1. The van der Waals surface area contributed by atoms with E-state index >= 15 is 0 Å². The predicted octanol–water partition coefficient (Wildman–Crippen LogP) is 3.86. The van der Waals surface area contributed by atoms with E-state index in [1.54, 1.807) is 18.2 Å². The molecule has 6 heteroatoms. The second kappa shape index (κ2) is 5.38. The van der Waals surface area contributed by atoms with E-state index in [9.17, 15) is 9.18 Å². The van der Waals surface area contributed by atoms with E-state index in [-0.39, 0.29) is 11.4 Å². The molecule has 104 valence electrons. The normalized spacial score (nSPS) is 10.3. The number of halogens is 2. The molecule has 0 atom stereocenters. The first-order chi connectivity index (χ1) is 9.38. The van der Waals surface area contributed by atoms with Crippen LogP contribution in [0, 0.1) is 12.7 Å². The van der Waals surface area contributed by atoms with Crippen molar-refractivity contribution in [3.63, 3.8) is 0 Å². The molecule has 3 N–H and O–H groups in total. The largest absolute Gasteiger partial charge is 0.478 e. The molecule has 4 nitrogen and oxygen atoms in total. The number of carboxylic acids is 1. The standard InChI is InChI=1S/C14H11ClFNO3/c1-7-2-3-12(9(15)4-7)20-13-6-10(16)8(14(18)19)5-11(13)17/h2-6H,17H2,1H3,(H,18,19). The zero-order valence-corrected chi connectivity index (χ0v) is 11.2. The van der Waals surface area contributed by atoms with E-state index in [2.05, 4.69) is 0 Å². The van der Waals surface area contributed by atoms with Gasteiger partial charge in [0.2, 0.25) is 0 Å². The minimum atomic E-state index is -1.39. The lowest BCUT2D eigenvalue weighted by Gasteiger charge is -2.11. The highest BCUT2D eigenvalue weighted by Crippen LogP contribution is 2.34. The van der Waals surface area contributed by atoms with Gasteiger partial charge in [0.1, 0.15) is 11.6 Å². The molecular formula is C14H11ClFNO3. The van der Waals surface area contributed by atoms with Crippen LogP contribution in [0.1, 0.15) is 15.9 Å². The number of rotatable bonds is 3. The number of hydrogen-bond acceptors (Lipinski definition) is 3. The fraction of sp³-hybridized carbons (Fsp3) is 0.0714. The van der Waals surface area contributed by atoms with Crippen LogP contribution in [-0.2, 0) is 0 Å². The summed E-state index contributed by atoms with van der Waals surface area (Å²) in [6.45, 7) is 1.87. The fourth-order valence-corrected chi connectivity index (χ4v) is 1.90. The minimum Gasteiger partial charge on any atom is -0.478 e. The maximum atomic E-state index is 13.6. The summed E-state index contributed by atoms with van der Waals surface area (Å²) in [5.74, 6) is -2.00. The Kier molecular flexibility index (Phi) is 3.81. The van der Waals surface area contributed by atoms with Crippen molar-refractivity contribution in [1.29, 1.82) is 0 Å². The van der Waals surface area contributed by atoms with Crippen LogP contribution in [-0.4, -0.2) is 11.1 Å². The van der Waals surface area contributed by atoms with Crippen molar-refractivity contribution in [2.45, 2.75) is 6.92 Å². The molecule has 20 heavy (non-hydrogen) atoms. The van der Waals surface area contributed by atoms with Crippen LogP contribution >= 0.6 is 11.6 Å². The van der Waals surface area contributed by atoms with Crippen molar-refractivity contribution >= 4 is 23.3 Å². The number of anilines is 1. The Morgan fingerprint density at radius 1 is 1.30 bits per heavy atom. The van der Waals surface area contributed by atoms with Gasteiger partial charge in [0, 0.05) is 6.07 Å². The van der Waals surface area contributed by atoms with Gasteiger partial charge in [-0.3, -0.25) is 0 Å². The molecule has 0 heterocycles. The third kappa shape index (κ3) is 2.83. The molecule has 2 rings (SSSR count). The third-order valence-electron chi connectivity index (χ3n) is 2.64. The van der Waals surface area contributed by atoms with Crippen LogP contribution < -0.4 is 10.5 Å². The van der Waals surface area contributed by atoms with Gasteiger partial charge in [-0.15, -0.1) is 0 Å². The van der Waals surface area contributed by atoms with Gasteiger partial charge < -0.3 is 15.6 Å². The van der Waals surface area contributed by atoms with Crippen molar-refractivity contribution in [2.24, 2.45) is 0 Å². The Balaban J connectivity index is 2.39. The van der Waals surface area contributed by atoms with E-state index in [4.69, 9.17) is 27.2 Å². The van der Waals surface area contributed by atoms with Crippen LogP contribution in [0.3, 0.4) is 0 Å². The van der Waals surface area contributed by atoms with Gasteiger partial charge >= 0.3 is 5.97 Å². The van der Waals surface area contributed by atoms with E-state index in [0.29, 0.717) is 10.8 Å². The molecule has 2 aromatic carbocycles. The molecule has 0 bridgehead atoms. The number of hydrogen-bond donors (Lipinski definition) is 2. The highest BCUT2D eigenvalue weighted by atomic mass is 35.5. The lowest BCUT2D eigenvalue weighted by molar-refractivity contribution is 0.0692.